The van der Waals surface area contributed by atoms with Gasteiger partial charge in [-0.25, -0.2) is 4.79 Å². The van der Waals surface area contributed by atoms with Crippen molar-refractivity contribution < 1.29 is 14.3 Å². The van der Waals surface area contributed by atoms with Crippen molar-refractivity contribution in [2.24, 2.45) is 0 Å². The van der Waals surface area contributed by atoms with Gasteiger partial charge in [0.2, 0.25) is 0 Å². The van der Waals surface area contributed by atoms with E-state index in [0.717, 1.165) is 9.75 Å². The summed E-state index contributed by atoms with van der Waals surface area (Å²) in [5, 5.41) is 6.61. The molecule has 0 fully saturated rings. The van der Waals surface area contributed by atoms with Gasteiger partial charge in [0.1, 0.15) is 0 Å². The summed E-state index contributed by atoms with van der Waals surface area (Å²) in [5.74, 6) is -0.808. The fourth-order valence-electron chi connectivity index (χ4n) is 1.84. The van der Waals surface area contributed by atoms with Gasteiger partial charge < -0.3 is 10.1 Å². The van der Waals surface area contributed by atoms with Gasteiger partial charge in [-0.05, 0) is 49.7 Å². The van der Waals surface area contributed by atoms with E-state index in [1.807, 2.05) is 55.8 Å². The molecule has 0 radical (unpaired) electrons. The van der Waals surface area contributed by atoms with Crippen molar-refractivity contribution in [1.29, 1.82) is 0 Å². The zero-order valence-corrected chi connectivity index (χ0v) is 14.9. The molecule has 4 nitrogen and oxygen atoms in total. The number of nitrogens with one attached hydrogen (secondary N) is 1. The van der Waals surface area contributed by atoms with Gasteiger partial charge in [0, 0.05) is 15.3 Å². The van der Waals surface area contributed by atoms with E-state index >= 15 is 0 Å². The van der Waals surface area contributed by atoms with Crippen LogP contribution < -0.4 is 5.32 Å². The monoisotopic (exact) mass is 349 g/mol. The van der Waals surface area contributed by atoms with E-state index < -0.39 is 5.97 Å². The minimum Gasteiger partial charge on any atom is -0.452 e. The minimum absolute atomic E-state index is 0.288. The van der Waals surface area contributed by atoms with Crippen molar-refractivity contribution in [3.05, 3.63) is 44.8 Å². The van der Waals surface area contributed by atoms with Crippen LogP contribution in [0.2, 0.25) is 0 Å². The number of hydrogen-bond donors (Lipinski definition) is 1. The maximum absolute atomic E-state index is 12.4. The molecule has 0 aliphatic heterocycles. The van der Waals surface area contributed by atoms with Crippen LogP contribution in [0.4, 0.5) is 0 Å². The first kappa shape index (κ1) is 17.4. The highest BCUT2D eigenvalue weighted by Gasteiger charge is 2.19. The molecule has 0 saturated heterocycles. The summed E-state index contributed by atoms with van der Waals surface area (Å²) in [4.78, 5) is 25.9. The van der Waals surface area contributed by atoms with E-state index in [4.69, 9.17) is 4.74 Å². The number of ether oxygens (including phenoxy) is 1. The summed E-state index contributed by atoms with van der Waals surface area (Å²) < 4.78 is 5.18. The molecule has 2 rings (SSSR count). The Balaban J connectivity index is 2.08. The lowest BCUT2D eigenvalue weighted by Crippen LogP contribution is -2.42. The van der Waals surface area contributed by atoms with E-state index in [1.54, 1.807) is 6.08 Å². The number of esters is 1. The number of thiophene rings is 2. The third kappa shape index (κ3) is 5.65. The van der Waals surface area contributed by atoms with Crippen LogP contribution in [0.15, 0.2) is 35.0 Å². The van der Waals surface area contributed by atoms with Crippen LogP contribution >= 0.6 is 22.7 Å². The number of rotatable bonds is 5. The van der Waals surface area contributed by atoms with Crippen LogP contribution in [0, 0.1) is 0 Å². The summed E-state index contributed by atoms with van der Waals surface area (Å²) in [5.41, 5.74) is 0.110. The summed E-state index contributed by atoms with van der Waals surface area (Å²) in [6, 6.07) is 7.59. The Morgan fingerprint density at radius 1 is 1.17 bits per heavy atom. The van der Waals surface area contributed by atoms with Gasteiger partial charge in [0.25, 0.3) is 5.91 Å². The first-order valence-corrected chi connectivity index (χ1v) is 8.88. The van der Waals surface area contributed by atoms with Gasteiger partial charge in [-0.2, -0.15) is 0 Å². The molecule has 0 aliphatic carbocycles. The van der Waals surface area contributed by atoms with Gasteiger partial charge in [-0.1, -0.05) is 12.1 Å². The highest BCUT2D eigenvalue weighted by molar-refractivity contribution is 7.12. The van der Waals surface area contributed by atoms with Crippen LogP contribution in [0.5, 0.6) is 0 Å². The first-order valence-electron chi connectivity index (χ1n) is 7.12. The van der Waals surface area contributed by atoms with Crippen molar-refractivity contribution in [3.8, 4) is 0 Å². The van der Waals surface area contributed by atoms with E-state index in [1.165, 1.54) is 22.7 Å². The zero-order valence-electron chi connectivity index (χ0n) is 13.3. The normalized spacial score (nSPS) is 12.0. The zero-order chi connectivity index (χ0) is 16.9. The van der Waals surface area contributed by atoms with Gasteiger partial charge in [-0.3, -0.25) is 4.79 Å². The molecule has 1 amide bonds. The van der Waals surface area contributed by atoms with Crippen molar-refractivity contribution in [1.82, 2.24) is 5.32 Å². The Bertz CT molecular complexity index is 680. The fraction of sp³-hybridized carbons (Fsp3) is 0.294. The molecular weight excluding hydrogens is 330 g/mol. The number of carbonyl (C=O) groups is 2. The maximum Gasteiger partial charge on any atom is 0.340 e. The lowest BCUT2D eigenvalue weighted by atomic mass is 10.1. The second kappa shape index (κ2) is 7.57. The number of amides is 1. The standard InChI is InChI=1S/C17H19NO3S2/c1-17(2,3)18-15(19)11-21-16(20)13(14-7-5-9-23-14)10-12-6-4-8-22-12/h4-10H,11H2,1-3H3,(H,18,19)/b13-10+. The molecule has 0 atom stereocenters. The van der Waals surface area contributed by atoms with Crippen LogP contribution in [0.25, 0.3) is 11.6 Å². The predicted octanol–water partition coefficient (Wildman–Crippen LogP) is 3.81. The fourth-order valence-corrected chi connectivity index (χ4v) is 3.23. The SMILES string of the molecule is CC(C)(C)NC(=O)COC(=O)/C(=C/c1cccs1)c1cccs1. The quantitative estimate of drug-likeness (QED) is 0.660. The molecule has 0 saturated carbocycles. The van der Waals surface area contributed by atoms with Crippen molar-refractivity contribution in [2.45, 2.75) is 26.3 Å². The summed E-state index contributed by atoms with van der Waals surface area (Å²) >= 11 is 3.00. The molecule has 2 aromatic rings. The second-order valence-electron chi connectivity index (χ2n) is 5.93. The lowest BCUT2D eigenvalue weighted by molar-refractivity contribution is -0.143. The Labute approximate surface area is 143 Å². The van der Waals surface area contributed by atoms with Crippen molar-refractivity contribution in [2.75, 3.05) is 6.61 Å². The minimum atomic E-state index is -0.495. The molecule has 0 aromatic carbocycles. The van der Waals surface area contributed by atoms with E-state index in [2.05, 4.69) is 5.32 Å². The van der Waals surface area contributed by atoms with Crippen LogP contribution in [-0.4, -0.2) is 24.0 Å². The van der Waals surface area contributed by atoms with Gasteiger partial charge in [0.15, 0.2) is 6.61 Å². The van der Waals surface area contributed by atoms with E-state index in [9.17, 15) is 9.59 Å². The highest BCUT2D eigenvalue weighted by Crippen LogP contribution is 2.25. The molecule has 2 aromatic heterocycles. The summed E-state index contributed by atoms with van der Waals surface area (Å²) in [6.07, 6.45) is 1.79. The largest absolute Gasteiger partial charge is 0.452 e. The van der Waals surface area contributed by atoms with Crippen molar-refractivity contribution in [3.63, 3.8) is 0 Å². The third-order valence-corrected chi connectivity index (χ3v) is 4.41. The van der Waals surface area contributed by atoms with Crippen LogP contribution in [-0.2, 0) is 14.3 Å². The van der Waals surface area contributed by atoms with Gasteiger partial charge in [-0.15, -0.1) is 22.7 Å². The first-order chi connectivity index (χ1) is 10.8. The molecule has 23 heavy (non-hydrogen) atoms. The molecule has 2 heterocycles. The van der Waals surface area contributed by atoms with Crippen LogP contribution in [0.3, 0.4) is 0 Å². The second-order valence-corrected chi connectivity index (χ2v) is 7.85. The van der Waals surface area contributed by atoms with Gasteiger partial charge in [0.05, 0.1) is 5.57 Å². The average Bonchev–Trinajstić information content (AvgIpc) is 3.13. The Kier molecular flexibility index (Phi) is 5.74. The molecule has 0 unspecified atom stereocenters. The summed E-state index contributed by atoms with van der Waals surface area (Å²) in [7, 11) is 0. The molecule has 6 heteroatoms. The molecule has 0 spiro atoms. The smallest absolute Gasteiger partial charge is 0.340 e. The Hall–Kier alpha value is -1.92. The molecule has 122 valence electrons. The lowest BCUT2D eigenvalue weighted by Gasteiger charge is -2.20. The van der Waals surface area contributed by atoms with E-state index in [0.29, 0.717) is 5.57 Å². The topological polar surface area (TPSA) is 55.4 Å². The Morgan fingerprint density at radius 3 is 2.43 bits per heavy atom. The average molecular weight is 349 g/mol. The van der Waals surface area contributed by atoms with Crippen LogP contribution in [0.1, 0.15) is 30.5 Å². The number of carbonyl (C=O) groups excluding carboxylic acids is 2. The van der Waals surface area contributed by atoms with Crippen molar-refractivity contribution >= 4 is 46.2 Å². The molecule has 0 aliphatic rings. The molecular formula is C17H19NO3S2. The predicted molar refractivity (Wildman–Crippen MR) is 95.4 cm³/mol. The highest BCUT2D eigenvalue weighted by atomic mass is 32.1. The number of hydrogen-bond acceptors (Lipinski definition) is 5. The Morgan fingerprint density at radius 2 is 1.87 bits per heavy atom. The maximum atomic E-state index is 12.4. The molecule has 1 N–H and O–H groups in total. The summed E-state index contributed by atoms with van der Waals surface area (Å²) in [6.45, 7) is 5.34. The third-order valence-electron chi connectivity index (χ3n) is 2.69. The van der Waals surface area contributed by atoms with Gasteiger partial charge >= 0.3 is 5.97 Å². The molecule has 0 bridgehead atoms. The van der Waals surface area contributed by atoms with E-state index in [-0.39, 0.29) is 18.1 Å².